The summed E-state index contributed by atoms with van der Waals surface area (Å²) < 4.78 is 39.7. The highest BCUT2D eigenvalue weighted by Crippen LogP contribution is 2.45. The zero-order valence-electron chi connectivity index (χ0n) is 14.5. The van der Waals surface area contributed by atoms with Gasteiger partial charge >= 0.3 is 17.9 Å². The first-order valence-corrected chi connectivity index (χ1v) is 7.88. The van der Waals surface area contributed by atoms with E-state index >= 15 is 0 Å². The second-order valence-corrected chi connectivity index (χ2v) is 5.53. The van der Waals surface area contributed by atoms with Crippen molar-refractivity contribution in [2.75, 3.05) is 13.1 Å². The second-order valence-electron chi connectivity index (χ2n) is 5.53. The lowest BCUT2D eigenvalue weighted by Gasteiger charge is -2.21. The third kappa shape index (κ3) is 4.99. The number of nitrogens with one attached hydrogen (secondary N) is 1. The third-order valence-electron chi connectivity index (χ3n) is 3.47. The zero-order valence-corrected chi connectivity index (χ0v) is 14.5. The van der Waals surface area contributed by atoms with Gasteiger partial charge in [-0.05, 0) is 18.9 Å². The molecule has 27 heavy (non-hydrogen) atoms. The molecule has 150 valence electrons. The average molecular weight is 394 g/mol. The Bertz CT molecular complexity index is 745. The first-order valence-electron chi connectivity index (χ1n) is 7.88. The summed E-state index contributed by atoms with van der Waals surface area (Å²) >= 11 is 0. The van der Waals surface area contributed by atoms with Gasteiger partial charge < -0.3 is 15.1 Å². The van der Waals surface area contributed by atoms with E-state index in [-0.39, 0.29) is 19.2 Å². The van der Waals surface area contributed by atoms with Gasteiger partial charge in [-0.15, -0.1) is 0 Å². The summed E-state index contributed by atoms with van der Waals surface area (Å²) in [5.41, 5.74) is -4.85. The Labute approximate surface area is 151 Å². The van der Waals surface area contributed by atoms with Crippen molar-refractivity contribution in [1.82, 2.24) is 10.2 Å². The molecule has 0 fully saturated rings. The third-order valence-corrected chi connectivity index (χ3v) is 3.47. The number of carbonyl (C=O) groups is 2. The zero-order chi connectivity index (χ0) is 20.9. The molecule has 0 unspecified atom stereocenters. The van der Waals surface area contributed by atoms with Crippen molar-refractivity contribution in [3.63, 3.8) is 0 Å². The minimum Gasteiger partial charge on any atom is -0.504 e. The first-order chi connectivity index (χ1) is 12.4. The van der Waals surface area contributed by atoms with Crippen LogP contribution in [0.1, 0.15) is 42.6 Å². The number of hydrogen-bond donors (Lipinski definition) is 4. The minimum absolute atomic E-state index is 0.0115. The highest BCUT2D eigenvalue weighted by atomic mass is 19.4. The van der Waals surface area contributed by atoms with Crippen molar-refractivity contribution in [3.05, 3.63) is 22.1 Å². The van der Waals surface area contributed by atoms with Gasteiger partial charge in [0.05, 0.1) is 10.5 Å². The van der Waals surface area contributed by atoms with Crippen LogP contribution >= 0.6 is 0 Å². The van der Waals surface area contributed by atoms with Crippen LogP contribution in [-0.2, 0) is 6.18 Å². The van der Waals surface area contributed by atoms with Crippen molar-refractivity contribution < 1.29 is 43.1 Å². The van der Waals surface area contributed by atoms with E-state index in [1.54, 1.807) is 19.2 Å². The van der Waals surface area contributed by atoms with Gasteiger partial charge in [-0.2, -0.15) is 13.2 Å². The standard InChI is InChI=1S/C15H18F3N3O6/c1-3-5-20(6-4-2)14(25)19-13(24)10-8(15(16,17)18)7-9(22)12(23)11(10)21(26)27/h7H,3-6H2,1-2H3,(H3-,19,22,23,24,25,26,27)/p+1. The molecule has 0 saturated carbocycles. The Morgan fingerprint density at radius 3 is 2.11 bits per heavy atom. The molecule has 0 radical (unpaired) electrons. The van der Waals surface area contributed by atoms with E-state index in [1.165, 1.54) is 4.90 Å². The summed E-state index contributed by atoms with van der Waals surface area (Å²) in [4.78, 5) is 35.6. The molecule has 0 aliphatic rings. The van der Waals surface area contributed by atoms with Crippen LogP contribution in [0.2, 0.25) is 0 Å². The molecule has 3 amide bonds. The number of aromatic hydroxyl groups is 2. The molecule has 0 heterocycles. The number of phenolic OH excluding ortho intramolecular Hbond substituents is 2. The monoisotopic (exact) mass is 394 g/mol. The summed E-state index contributed by atoms with van der Waals surface area (Å²) in [5, 5.41) is 29.7. The highest BCUT2D eigenvalue weighted by molar-refractivity contribution is 6.08. The van der Waals surface area contributed by atoms with Gasteiger partial charge in [-0.1, -0.05) is 13.8 Å². The van der Waals surface area contributed by atoms with Crippen LogP contribution in [-0.4, -0.2) is 50.3 Å². The summed E-state index contributed by atoms with van der Waals surface area (Å²) in [6.45, 7) is 3.94. The van der Waals surface area contributed by atoms with E-state index < -0.39 is 51.4 Å². The molecule has 0 aromatic heterocycles. The normalized spacial score (nSPS) is 11.1. The molecule has 4 N–H and O–H groups in total. The second kappa shape index (κ2) is 8.56. The number of nitrogens with zero attached hydrogens (tertiary/aromatic N) is 2. The Morgan fingerprint density at radius 2 is 1.70 bits per heavy atom. The molecule has 0 saturated heterocycles. The fraction of sp³-hybridized carbons (Fsp3) is 0.467. The number of phenols is 2. The molecule has 0 aliphatic heterocycles. The predicted molar refractivity (Wildman–Crippen MR) is 84.9 cm³/mol. The van der Waals surface area contributed by atoms with Crippen LogP contribution in [0.25, 0.3) is 0 Å². The van der Waals surface area contributed by atoms with Crippen LogP contribution in [0, 0.1) is 4.91 Å². The van der Waals surface area contributed by atoms with E-state index in [9.17, 15) is 37.9 Å². The lowest BCUT2D eigenvalue weighted by atomic mass is 10.0. The fourth-order valence-electron chi connectivity index (χ4n) is 2.38. The Balaban J connectivity index is 3.46. The Kier molecular flexibility index (Phi) is 6.97. The number of hydrogen-bond acceptors (Lipinski definition) is 5. The molecule has 1 aromatic carbocycles. The number of amides is 3. The fourth-order valence-corrected chi connectivity index (χ4v) is 2.38. The van der Waals surface area contributed by atoms with Crippen molar-refractivity contribution in [2.24, 2.45) is 0 Å². The molecule has 0 aliphatic carbocycles. The SMILES string of the molecule is CCCN(CCC)C(=O)NC(=O)c1c(C(F)(F)F)cc(O)c(O)c1[N+](=O)O. The van der Waals surface area contributed by atoms with Gasteiger partial charge in [0.2, 0.25) is 5.75 Å². The van der Waals surface area contributed by atoms with Crippen LogP contribution < -0.4 is 5.32 Å². The number of benzene rings is 1. The molecule has 0 spiro atoms. The number of alkyl halides is 3. The van der Waals surface area contributed by atoms with Crippen LogP contribution in [0.4, 0.5) is 23.7 Å². The molecule has 0 bridgehead atoms. The quantitative estimate of drug-likeness (QED) is 0.434. The summed E-state index contributed by atoms with van der Waals surface area (Å²) in [6, 6.07) is -0.997. The number of rotatable bonds is 6. The van der Waals surface area contributed by atoms with E-state index in [1.807, 2.05) is 0 Å². The summed E-state index contributed by atoms with van der Waals surface area (Å²) in [6.07, 6.45) is -4.20. The first kappa shape index (κ1) is 22.0. The lowest BCUT2D eigenvalue weighted by molar-refractivity contribution is -0.730. The molecule has 9 nitrogen and oxygen atoms in total. The van der Waals surface area contributed by atoms with Gasteiger partial charge in [0, 0.05) is 13.1 Å². The molecular formula is C15H19F3N3O6+. The average Bonchev–Trinajstić information content (AvgIpc) is 2.54. The minimum atomic E-state index is -5.24. The van der Waals surface area contributed by atoms with E-state index in [0.29, 0.717) is 12.8 Å². The van der Waals surface area contributed by atoms with Gasteiger partial charge in [0.1, 0.15) is 5.56 Å². The number of halogens is 3. The molecular weight excluding hydrogens is 375 g/mol. The van der Waals surface area contributed by atoms with Crippen molar-refractivity contribution in [2.45, 2.75) is 32.9 Å². The van der Waals surface area contributed by atoms with Gasteiger partial charge in [-0.25, -0.2) is 10.0 Å². The maximum absolute atomic E-state index is 13.2. The van der Waals surface area contributed by atoms with E-state index in [2.05, 4.69) is 0 Å². The molecule has 1 aromatic rings. The van der Waals surface area contributed by atoms with E-state index in [4.69, 9.17) is 5.21 Å². The Morgan fingerprint density at radius 1 is 1.19 bits per heavy atom. The highest BCUT2D eigenvalue weighted by Gasteiger charge is 2.44. The maximum Gasteiger partial charge on any atom is 0.417 e. The van der Waals surface area contributed by atoms with Gasteiger partial charge in [0.15, 0.2) is 5.75 Å². The number of carbonyl (C=O) groups excluding carboxylic acids is 2. The summed E-state index contributed by atoms with van der Waals surface area (Å²) in [5.74, 6) is -4.50. The van der Waals surface area contributed by atoms with Crippen molar-refractivity contribution >= 4 is 17.6 Å². The molecule has 12 heteroatoms. The smallest absolute Gasteiger partial charge is 0.417 e. The maximum atomic E-state index is 13.2. The number of imide groups is 1. The summed E-state index contributed by atoms with van der Waals surface area (Å²) in [7, 11) is 0. The van der Waals surface area contributed by atoms with E-state index in [0.717, 1.165) is 0 Å². The Hall–Kier alpha value is -3.05. The van der Waals surface area contributed by atoms with Gasteiger partial charge in [0.25, 0.3) is 10.8 Å². The van der Waals surface area contributed by atoms with Crippen LogP contribution in [0.5, 0.6) is 11.5 Å². The van der Waals surface area contributed by atoms with Crippen molar-refractivity contribution in [3.8, 4) is 11.5 Å². The molecule has 0 atom stereocenters. The molecule has 1 rings (SSSR count). The van der Waals surface area contributed by atoms with Crippen molar-refractivity contribution in [1.29, 1.82) is 0 Å². The number of urea groups is 1. The lowest BCUT2D eigenvalue weighted by Crippen LogP contribution is -2.44. The topological polar surface area (TPSA) is 130 Å². The van der Waals surface area contributed by atoms with Crippen LogP contribution in [0.15, 0.2) is 6.07 Å². The largest absolute Gasteiger partial charge is 0.504 e. The van der Waals surface area contributed by atoms with Gasteiger partial charge in [-0.3, -0.25) is 10.1 Å². The predicted octanol–water partition coefficient (Wildman–Crippen LogP) is 2.89. The van der Waals surface area contributed by atoms with Crippen LogP contribution in [0.3, 0.4) is 0 Å².